The molecular weight excluding hydrogens is 573 g/mol. The molecule has 8 aromatic carbocycles. The highest BCUT2D eigenvalue weighted by molar-refractivity contribution is 7.26. The van der Waals surface area contributed by atoms with Crippen LogP contribution in [0.15, 0.2) is 146 Å². The molecule has 0 saturated carbocycles. The van der Waals surface area contributed by atoms with E-state index in [0.717, 1.165) is 0 Å². The quantitative estimate of drug-likeness (QED) is 0.173. The number of thiophene rings is 1. The molecule has 0 N–H and O–H groups in total. The number of benzene rings is 8. The Hall–Kier alpha value is -5.24. The van der Waals surface area contributed by atoms with Gasteiger partial charge in [-0.1, -0.05) is 141 Å². The van der Waals surface area contributed by atoms with Gasteiger partial charge in [0.05, 0.1) is 0 Å². The summed E-state index contributed by atoms with van der Waals surface area (Å²) >= 11 is 1.91. The second kappa shape index (κ2) is 9.39. The molecule has 46 heavy (non-hydrogen) atoms. The first-order valence-electron chi connectivity index (χ1n) is 16.1. The number of hydrogen-bond acceptors (Lipinski definition) is 1. The Morgan fingerprint density at radius 1 is 0.413 bits per heavy atom. The molecule has 9 aromatic rings. The number of hydrogen-bond donors (Lipinski definition) is 0. The summed E-state index contributed by atoms with van der Waals surface area (Å²) in [5.74, 6) is 0. The summed E-state index contributed by atoms with van der Waals surface area (Å²) < 4.78 is 2.69. The lowest BCUT2D eigenvalue weighted by Crippen LogP contribution is -2.16. The molecule has 10 rings (SSSR count). The van der Waals surface area contributed by atoms with Crippen molar-refractivity contribution < 1.29 is 0 Å². The first kappa shape index (κ1) is 26.0. The lowest BCUT2D eigenvalue weighted by molar-refractivity contribution is 0.663. The molecule has 0 spiro atoms. The van der Waals surface area contributed by atoms with Crippen LogP contribution in [0.4, 0.5) is 0 Å². The fourth-order valence-corrected chi connectivity index (χ4v) is 9.65. The first-order chi connectivity index (χ1) is 22.6. The molecule has 1 heteroatoms. The summed E-state index contributed by atoms with van der Waals surface area (Å²) in [6, 6.07) is 54.4. The molecule has 0 nitrogen and oxygen atoms in total. The standard InChI is InChI=1S/C45H30S/c1-45(2)39-26-28-14-4-3-13-27(28)25-38(39)34-20-11-22-36(43(34)45)41-30-16-5-7-18-32(30)42(33-19-8-6-17-31(33)41)37-23-12-21-35-29-15-9-10-24-40(29)46-44(35)37/h3-26H,1-2H3. The molecule has 0 amide bonds. The van der Waals surface area contributed by atoms with Crippen LogP contribution in [0.3, 0.4) is 0 Å². The lowest BCUT2D eigenvalue weighted by atomic mass is 9.76. The molecule has 0 unspecified atom stereocenters. The van der Waals surface area contributed by atoms with Crippen LogP contribution in [-0.2, 0) is 5.41 Å². The van der Waals surface area contributed by atoms with E-state index < -0.39 is 0 Å². The van der Waals surface area contributed by atoms with E-state index in [1.807, 2.05) is 11.3 Å². The van der Waals surface area contributed by atoms with E-state index in [1.54, 1.807) is 0 Å². The molecule has 1 aromatic heterocycles. The normalized spacial score (nSPS) is 13.6. The maximum atomic E-state index is 2.43. The van der Waals surface area contributed by atoms with Crippen molar-refractivity contribution in [3.05, 3.63) is 157 Å². The van der Waals surface area contributed by atoms with Crippen LogP contribution in [0, 0.1) is 0 Å². The highest BCUT2D eigenvalue weighted by Crippen LogP contribution is 2.55. The summed E-state index contributed by atoms with van der Waals surface area (Å²) in [6.07, 6.45) is 0. The van der Waals surface area contributed by atoms with E-state index in [1.165, 1.54) is 97.0 Å². The van der Waals surface area contributed by atoms with Crippen molar-refractivity contribution in [1.82, 2.24) is 0 Å². The molecule has 0 bridgehead atoms. The molecule has 0 radical (unpaired) electrons. The van der Waals surface area contributed by atoms with Gasteiger partial charge in [-0.05, 0) is 89.5 Å². The van der Waals surface area contributed by atoms with Gasteiger partial charge in [0, 0.05) is 31.2 Å². The van der Waals surface area contributed by atoms with Gasteiger partial charge < -0.3 is 0 Å². The monoisotopic (exact) mass is 602 g/mol. The van der Waals surface area contributed by atoms with E-state index in [-0.39, 0.29) is 5.41 Å². The fraction of sp³-hybridized carbons (Fsp3) is 0.0667. The van der Waals surface area contributed by atoms with Crippen LogP contribution in [-0.4, -0.2) is 0 Å². The maximum absolute atomic E-state index is 2.43. The predicted molar refractivity (Wildman–Crippen MR) is 200 cm³/mol. The zero-order valence-corrected chi connectivity index (χ0v) is 26.6. The largest absolute Gasteiger partial charge is 0.135 e. The maximum Gasteiger partial charge on any atom is 0.0434 e. The Morgan fingerprint density at radius 3 is 1.61 bits per heavy atom. The van der Waals surface area contributed by atoms with Crippen molar-refractivity contribution in [2.75, 3.05) is 0 Å². The van der Waals surface area contributed by atoms with Crippen molar-refractivity contribution in [1.29, 1.82) is 0 Å². The smallest absolute Gasteiger partial charge is 0.0434 e. The van der Waals surface area contributed by atoms with Crippen molar-refractivity contribution in [3.8, 4) is 33.4 Å². The minimum Gasteiger partial charge on any atom is -0.135 e. The Morgan fingerprint density at radius 2 is 0.913 bits per heavy atom. The van der Waals surface area contributed by atoms with Gasteiger partial charge in [0.1, 0.15) is 0 Å². The van der Waals surface area contributed by atoms with Crippen LogP contribution >= 0.6 is 11.3 Å². The fourth-order valence-electron chi connectivity index (χ4n) is 8.43. The van der Waals surface area contributed by atoms with E-state index in [2.05, 4.69) is 159 Å². The summed E-state index contributed by atoms with van der Waals surface area (Å²) in [4.78, 5) is 0. The Kier molecular flexibility index (Phi) is 5.31. The van der Waals surface area contributed by atoms with E-state index in [4.69, 9.17) is 0 Å². The van der Waals surface area contributed by atoms with Gasteiger partial charge in [-0.2, -0.15) is 0 Å². The van der Waals surface area contributed by atoms with Crippen LogP contribution in [0.25, 0.3) is 85.9 Å². The Balaban J connectivity index is 1.32. The minimum absolute atomic E-state index is 0.144. The van der Waals surface area contributed by atoms with Gasteiger partial charge in [0.15, 0.2) is 0 Å². The van der Waals surface area contributed by atoms with Crippen molar-refractivity contribution >= 4 is 63.8 Å². The van der Waals surface area contributed by atoms with Crippen molar-refractivity contribution in [2.24, 2.45) is 0 Å². The van der Waals surface area contributed by atoms with E-state index in [9.17, 15) is 0 Å². The highest BCUT2D eigenvalue weighted by atomic mass is 32.1. The van der Waals surface area contributed by atoms with Gasteiger partial charge in [-0.15, -0.1) is 11.3 Å². The third-order valence-corrected chi connectivity index (χ3v) is 11.6. The summed E-state index contributed by atoms with van der Waals surface area (Å²) in [7, 11) is 0. The van der Waals surface area contributed by atoms with E-state index >= 15 is 0 Å². The first-order valence-corrected chi connectivity index (χ1v) is 16.9. The average Bonchev–Trinajstić information content (AvgIpc) is 3.58. The lowest BCUT2D eigenvalue weighted by Gasteiger charge is -2.26. The topological polar surface area (TPSA) is 0 Å². The van der Waals surface area contributed by atoms with Gasteiger partial charge in [-0.25, -0.2) is 0 Å². The number of fused-ring (bicyclic) bond motifs is 9. The molecule has 1 heterocycles. The van der Waals surface area contributed by atoms with Gasteiger partial charge >= 0.3 is 0 Å². The molecular formula is C45H30S. The molecule has 0 fully saturated rings. The third-order valence-electron chi connectivity index (χ3n) is 10.4. The molecule has 1 aliphatic carbocycles. The van der Waals surface area contributed by atoms with Crippen LogP contribution in [0.2, 0.25) is 0 Å². The van der Waals surface area contributed by atoms with Gasteiger partial charge in [-0.3, -0.25) is 0 Å². The average molecular weight is 603 g/mol. The van der Waals surface area contributed by atoms with Gasteiger partial charge in [0.25, 0.3) is 0 Å². The zero-order chi connectivity index (χ0) is 30.6. The highest BCUT2D eigenvalue weighted by Gasteiger charge is 2.38. The van der Waals surface area contributed by atoms with Crippen LogP contribution < -0.4 is 0 Å². The molecule has 216 valence electrons. The predicted octanol–water partition coefficient (Wildman–Crippen LogP) is 13.2. The van der Waals surface area contributed by atoms with Crippen molar-refractivity contribution in [2.45, 2.75) is 19.3 Å². The van der Waals surface area contributed by atoms with Crippen LogP contribution in [0.5, 0.6) is 0 Å². The number of rotatable bonds is 2. The van der Waals surface area contributed by atoms with Gasteiger partial charge in [0.2, 0.25) is 0 Å². The SMILES string of the molecule is CC1(C)c2cc3ccccc3cc2-c2cccc(-c3c4ccccc4c(-c4cccc5c4sc4ccccc45)c4ccccc34)c21. The van der Waals surface area contributed by atoms with Crippen molar-refractivity contribution in [3.63, 3.8) is 0 Å². The molecule has 0 atom stereocenters. The van der Waals surface area contributed by atoms with E-state index in [0.29, 0.717) is 0 Å². The molecule has 0 saturated heterocycles. The molecule has 0 aliphatic heterocycles. The minimum atomic E-state index is -0.144. The summed E-state index contributed by atoms with van der Waals surface area (Å²) in [5.41, 5.74) is 10.7. The Labute approximate surface area is 272 Å². The third kappa shape index (κ3) is 3.44. The second-order valence-electron chi connectivity index (χ2n) is 13.2. The van der Waals surface area contributed by atoms with Crippen LogP contribution in [0.1, 0.15) is 25.0 Å². The molecule has 1 aliphatic rings. The summed E-state index contributed by atoms with van der Waals surface area (Å²) in [5, 5.41) is 10.5. The second-order valence-corrected chi connectivity index (χ2v) is 14.3. The summed E-state index contributed by atoms with van der Waals surface area (Å²) in [6.45, 7) is 4.83. The Bertz CT molecular complexity index is 2660. The zero-order valence-electron chi connectivity index (χ0n) is 25.8.